The second-order valence-corrected chi connectivity index (χ2v) is 5.51. The maximum atomic E-state index is 6.02. The van der Waals surface area contributed by atoms with Crippen molar-refractivity contribution in [3.8, 4) is 0 Å². The van der Waals surface area contributed by atoms with Gasteiger partial charge in [0.2, 0.25) is 0 Å². The smallest absolute Gasteiger partial charge is 0.0534 e. The molecule has 2 atom stereocenters. The molecule has 0 spiro atoms. The van der Waals surface area contributed by atoms with Gasteiger partial charge in [0.15, 0.2) is 0 Å². The third-order valence-electron chi connectivity index (χ3n) is 3.60. The molecular formula is C13H24N4. The maximum absolute atomic E-state index is 6.02. The average molecular weight is 236 g/mol. The maximum Gasteiger partial charge on any atom is 0.0534 e. The fourth-order valence-electron chi connectivity index (χ4n) is 2.87. The Morgan fingerprint density at radius 3 is 3.00 bits per heavy atom. The van der Waals surface area contributed by atoms with Crippen molar-refractivity contribution in [1.29, 1.82) is 0 Å². The molecule has 17 heavy (non-hydrogen) atoms. The van der Waals surface area contributed by atoms with Crippen LogP contribution >= 0.6 is 0 Å². The zero-order valence-electron chi connectivity index (χ0n) is 11.0. The molecule has 0 aromatic carbocycles. The second-order valence-electron chi connectivity index (χ2n) is 5.51. The molecule has 2 N–H and O–H groups in total. The molecule has 0 amide bonds. The van der Waals surface area contributed by atoms with Crippen molar-refractivity contribution in [2.45, 2.75) is 38.3 Å². The van der Waals surface area contributed by atoms with Crippen molar-refractivity contribution in [2.75, 3.05) is 13.6 Å². The molecule has 1 aliphatic carbocycles. The van der Waals surface area contributed by atoms with Crippen molar-refractivity contribution < 1.29 is 0 Å². The number of nitrogens with zero attached hydrogens (tertiary/aromatic N) is 3. The minimum Gasteiger partial charge on any atom is -0.328 e. The molecule has 2 unspecified atom stereocenters. The minimum absolute atomic E-state index is 0.431. The standard InChI is InChI=1S/C13H24N4/c1-16(9-12-7-15-17(2)10-12)8-11-4-3-5-13(14)6-11/h7,10-11,13H,3-6,8-9,14H2,1-2H3. The highest BCUT2D eigenvalue weighted by molar-refractivity contribution is 5.03. The van der Waals surface area contributed by atoms with E-state index in [0.717, 1.165) is 19.0 Å². The summed E-state index contributed by atoms with van der Waals surface area (Å²) in [6, 6.07) is 0.431. The van der Waals surface area contributed by atoms with E-state index in [1.807, 2.05) is 17.9 Å². The Bertz CT molecular complexity index is 347. The van der Waals surface area contributed by atoms with Gasteiger partial charge >= 0.3 is 0 Å². The number of hydrogen-bond donors (Lipinski definition) is 1. The number of rotatable bonds is 4. The summed E-state index contributed by atoms with van der Waals surface area (Å²) < 4.78 is 1.86. The first-order valence-corrected chi connectivity index (χ1v) is 6.55. The van der Waals surface area contributed by atoms with E-state index in [1.54, 1.807) is 0 Å². The van der Waals surface area contributed by atoms with Gasteiger partial charge in [-0.05, 0) is 32.2 Å². The lowest BCUT2D eigenvalue weighted by molar-refractivity contribution is 0.216. The zero-order valence-corrected chi connectivity index (χ0v) is 11.0. The molecule has 1 aliphatic rings. The topological polar surface area (TPSA) is 47.1 Å². The summed E-state index contributed by atoms with van der Waals surface area (Å²) in [5.74, 6) is 0.778. The van der Waals surface area contributed by atoms with Gasteiger partial charge in [-0.1, -0.05) is 6.42 Å². The SMILES string of the molecule is CN(Cc1cnn(C)c1)CC1CCCC(N)C1. The highest BCUT2D eigenvalue weighted by Crippen LogP contribution is 2.23. The van der Waals surface area contributed by atoms with E-state index in [4.69, 9.17) is 5.73 Å². The van der Waals surface area contributed by atoms with Gasteiger partial charge in [-0.25, -0.2) is 0 Å². The van der Waals surface area contributed by atoms with Crippen molar-refractivity contribution in [3.63, 3.8) is 0 Å². The van der Waals surface area contributed by atoms with E-state index >= 15 is 0 Å². The van der Waals surface area contributed by atoms with Crippen LogP contribution in [0.2, 0.25) is 0 Å². The van der Waals surface area contributed by atoms with Crippen LogP contribution in [0.5, 0.6) is 0 Å². The van der Waals surface area contributed by atoms with Gasteiger partial charge in [-0.15, -0.1) is 0 Å². The highest BCUT2D eigenvalue weighted by atomic mass is 15.2. The molecule has 4 heteroatoms. The molecule has 1 aromatic rings. The van der Waals surface area contributed by atoms with Gasteiger partial charge < -0.3 is 10.6 Å². The van der Waals surface area contributed by atoms with E-state index in [9.17, 15) is 0 Å². The van der Waals surface area contributed by atoms with Gasteiger partial charge in [0.1, 0.15) is 0 Å². The van der Waals surface area contributed by atoms with Gasteiger partial charge in [-0.2, -0.15) is 5.10 Å². The lowest BCUT2D eigenvalue weighted by atomic mass is 9.86. The quantitative estimate of drug-likeness (QED) is 0.859. The molecule has 1 saturated carbocycles. The van der Waals surface area contributed by atoms with Crippen LogP contribution in [0.15, 0.2) is 12.4 Å². The fourth-order valence-corrected chi connectivity index (χ4v) is 2.87. The van der Waals surface area contributed by atoms with Crippen LogP contribution in [0.4, 0.5) is 0 Å². The molecular weight excluding hydrogens is 212 g/mol. The normalized spacial score (nSPS) is 25.4. The Labute approximate surface area is 104 Å². The first-order chi connectivity index (χ1) is 8.13. The fraction of sp³-hybridized carbons (Fsp3) is 0.769. The first kappa shape index (κ1) is 12.6. The van der Waals surface area contributed by atoms with Crippen LogP contribution in [-0.4, -0.2) is 34.3 Å². The third kappa shape index (κ3) is 3.82. The largest absolute Gasteiger partial charge is 0.328 e. The summed E-state index contributed by atoms with van der Waals surface area (Å²) in [4.78, 5) is 2.39. The molecule has 2 rings (SSSR count). The zero-order chi connectivity index (χ0) is 12.3. The predicted octanol–water partition coefficient (Wildman–Crippen LogP) is 1.37. The Kier molecular flexibility index (Phi) is 4.18. The van der Waals surface area contributed by atoms with E-state index in [2.05, 4.69) is 23.2 Å². The number of aromatic nitrogens is 2. The van der Waals surface area contributed by atoms with Crippen molar-refractivity contribution in [3.05, 3.63) is 18.0 Å². The average Bonchev–Trinajstić information content (AvgIpc) is 2.63. The van der Waals surface area contributed by atoms with Crippen molar-refractivity contribution in [1.82, 2.24) is 14.7 Å². The van der Waals surface area contributed by atoms with Gasteiger partial charge in [0, 0.05) is 37.9 Å². The number of nitrogens with two attached hydrogens (primary N) is 1. The molecule has 1 fully saturated rings. The van der Waals surface area contributed by atoms with Crippen molar-refractivity contribution in [2.24, 2.45) is 18.7 Å². The highest BCUT2D eigenvalue weighted by Gasteiger charge is 2.20. The lowest BCUT2D eigenvalue weighted by Crippen LogP contribution is -2.34. The first-order valence-electron chi connectivity index (χ1n) is 6.55. The Balaban J connectivity index is 1.78. The van der Waals surface area contributed by atoms with Gasteiger partial charge in [-0.3, -0.25) is 4.68 Å². The summed E-state index contributed by atoms with van der Waals surface area (Å²) in [5.41, 5.74) is 7.31. The number of hydrogen-bond acceptors (Lipinski definition) is 3. The molecule has 1 aromatic heterocycles. The summed E-state index contributed by atoms with van der Waals surface area (Å²) in [7, 11) is 4.15. The Morgan fingerprint density at radius 1 is 1.53 bits per heavy atom. The van der Waals surface area contributed by atoms with Gasteiger partial charge in [0.05, 0.1) is 6.20 Å². The molecule has 4 nitrogen and oxygen atoms in total. The summed E-state index contributed by atoms with van der Waals surface area (Å²) in [6.07, 6.45) is 9.07. The number of aryl methyl sites for hydroxylation is 1. The van der Waals surface area contributed by atoms with Gasteiger partial charge in [0.25, 0.3) is 0 Å². The summed E-state index contributed by atoms with van der Waals surface area (Å²) in [5, 5.41) is 4.20. The molecule has 0 radical (unpaired) electrons. The molecule has 0 bridgehead atoms. The van der Waals surface area contributed by atoms with Crippen LogP contribution in [-0.2, 0) is 13.6 Å². The minimum atomic E-state index is 0.431. The summed E-state index contributed by atoms with van der Waals surface area (Å²) >= 11 is 0. The summed E-state index contributed by atoms with van der Waals surface area (Å²) in [6.45, 7) is 2.14. The monoisotopic (exact) mass is 236 g/mol. The van der Waals surface area contributed by atoms with E-state index in [1.165, 1.54) is 31.2 Å². The third-order valence-corrected chi connectivity index (χ3v) is 3.60. The molecule has 0 aliphatic heterocycles. The van der Waals surface area contributed by atoms with Crippen LogP contribution in [0.25, 0.3) is 0 Å². The van der Waals surface area contributed by atoms with Crippen LogP contribution in [0, 0.1) is 5.92 Å². The van der Waals surface area contributed by atoms with E-state index in [0.29, 0.717) is 6.04 Å². The van der Waals surface area contributed by atoms with E-state index < -0.39 is 0 Å². The molecule has 0 saturated heterocycles. The Morgan fingerprint density at radius 2 is 2.35 bits per heavy atom. The predicted molar refractivity (Wildman–Crippen MR) is 69.5 cm³/mol. The van der Waals surface area contributed by atoms with Crippen LogP contribution < -0.4 is 5.73 Å². The molecule has 96 valence electrons. The van der Waals surface area contributed by atoms with Crippen molar-refractivity contribution >= 4 is 0 Å². The lowest BCUT2D eigenvalue weighted by Gasteiger charge is -2.30. The molecule has 1 heterocycles. The second kappa shape index (κ2) is 5.65. The van der Waals surface area contributed by atoms with Crippen LogP contribution in [0.3, 0.4) is 0 Å². The van der Waals surface area contributed by atoms with Crippen LogP contribution in [0.1, 0.15) is 31.2 Å². The Hall–Kier alpha value is -0.870. The van der Waals surface area contributed by atoms with E-state index in [-0.39, 0.29) is 0 Å².